The van der Waals surface area contributed by atoms with Crippen LogP contribution in [-0.4, -0.2) is 48.7 Å². The SMILES string of the molecule is CC1(C)CCCN1S(=O)(=O)N1CCC(CN)CC1. The van der Waals surface area contributed by atoms with Crippen molar-refractivity contribution in [2.75, 3.05) is 26.2 Å². The average molecular weight is 275 g/mol. The largest absolute Gasteiger partial charge is 0.330 e. The van der Waals surface area contributed by atoms with Crippen molar-refractivity contribution in [3.05, 3.63) is 0 Å². The first-order chi connectivity index (χ1) is 8.38. The third-order valence-corrected chi connectivity index (χ3v) is 6.59. The van der Waals surface area contributed by atoms with Gasteiger partial charge < -0.3 is 5.73 Å². The lowest BCUT2D eigenvalue weighted by Crippen LogP contribution is -2.52. The number of hydrogen-bond donors (Lipinski definition) is 1. The molecule has 2 aliphatic rings. The maximum absolute atomic E-state index is 12.6. The summed E-state index contributed by atoms with van der Waals surface area (Å²) in [6.45, 7) is 6.61. The molecule has 18 heavy (non-hydrogen) atoms. The fraction of sp³-hybridized carbons (Fsp3) is 1.00. The van der Waals surface area contributed by atoms with Gasteiger partial charge in [-0.15, -0.1) is 0 Å². The Balaban J connectivity index is 2.08. The first-order valence-corrected chi connectivity index (χ1v) is 8.25. The molecular formula is C12H25N3O2S. The smallest absolute Gasteiger partial charge is 0.282 e. The zero-order valence-electron chi connectivity index (χ0n) is 11.4. The van der Waals surface area contributed by atoms with Crippen molar-refractivity contribution in [2.45, 2.75) is 45.1 Å². The van der Waals surface area contributed by atoms with Gasteiger partial charge in [0.05, 0.1) is 0 Å². The average Bonchev–Trinajstić information content (AvgIpc) is 2.69. The normalized spacial score (nSPS) is 27.7. The number of rotatable bonds is 3. The van der Waals surface area contributed by atoms with Gasteiger partial charge in [-0.05, 0) is 52.0 Å². The van der Waals surface area contributed by atoms with Gasteiger partial charge in [-0.1, -0.05) is 0 Å². The third-order valence-electron chi connectivity index (χ3n) is 4.34. The van der Waals surface area contributed by atoms with E-state index in [0.29, 0.717) is 32.1 Å². The number of nitrogens with zero attached hydrogens (tertiary/aromatic N) is 2. The highest BCUT2D eigenvalue weighted by molar-refractivity contribution is 7.86. The van der Waals surface area contributed by atoms with Gasteiger partial charge in [0.25, 0.3) is 10.2 Å². The Kier molecular flexibility index (Phi) is 4.02. The van der Waals surface area contributed by atoms with Crippen LogP contribution in [0, 0.1) is 5.92 Å². The molecule has 6 heteroatoms. The van der Waals surface area contributed by atoms with Crippen LogP contribution in [0.4, 0.5) is 0 Å². The molecule has 5 nitrogen and oxygen atoms in total. The van der Waals surface area contributed by atoms with E-state index in [9.17, 15) is 8.42 Å². The molecule has 0 atom stereocenters. The Labute approximate surface area is 110 Å². The second kappa shape index (κ2) is 5.07. The summed E-state index contributed by atoms with van der Waals surface area (Å²) in [5, 5.41) is 0. The van der Waals surface area contributed by atoms with Crippen LogP contribution in [-0.2, 0) is 10.2 Å². The minimum atomic E-state index is -3.28. The van der Waals surface area contributed by atoms with Gasteiger partial charge in [-0.3, -0.25) is 0 Å². The number of nitrogens with two attached hydrogens (primary N) is 1. The Bertz CT molecular complexity index is 386. The van der Waals surface area contributed by atoms with Crippen LogP contribution in [0.2, 0.25) is 0 Å². The third kappa shape index (κ3) is 2.57. The monoisotopic (exact) mass is 275 g/mol. The van der Waals surface area contributed by atoms with E-state index in [-0.39, 0.29) is 5.54 Å². The molecule has 2 rings (SSSR count). The van der Waals surface area contributed by atoms with Gasteiger partial charge in [0.2, 0.25) is 0 Å². The molecule has 0 amide bonds. The number of hydrogen-bond acceptors (Lipinski definition) is 3. The Morgan fingerprint density at radius 2 is 1.83 bits per heavy atom. The topological polar surface area (TPSA) is 66.6 Å². The Hall–Kier alpha value is -0.170. The summed E-state index contributed by atoms with van der Waals surface area (Å²) in [6, 6.07) is 0. The lowest BCUT2D eigenvalue weighted by molar-refractivity contribution is 0.229. The van der Waals surface area contributed by atoms with Crippen LogP contribution in [0.5, 0.6) is 0 Å². The molecule has 2 aliphatic heterocycles. The summed E-state index contributed by atoms with van der Waals surface area (Å²) in [4.78, 5) is 0. The van der Waals surface area contributed by atoms with Crippen molar-refractivity contribution in [3.63, 3.8) is 0 Å². The highest BCUT2D eigenvalue weighted by atomic mass is 32.2. The summed E-state index contributed by atoms with van der Waals surface area (Å²) in [5.74, 6) is 0.489. The van der Waals surface area contributed by atoms with Gasteiger partial charge in [0, 0.05) is 25.2 Å². The van der Waals surface area contributed by atoms with Gasteiger partial charge >= 0.3 is 0 Å². The van der Waals surface area contributed by atoms with E-state index in [4.69, 9.17) is 5.73 Å². The van der Waals surface area contributed by atoms with E-state index in [1.165, 1.54) is 0 Å². The highest BCUT2D eigenvalue weighted by Gasteiger charge is 2.43. The second-order valence-corrected chi connectivity index (χ2v) is 7.93. The lowest BCUT2D eigenvalue weighted by Gasteiger charge is -2.38. The first kappa shape index (κ1) is 14.2. The molecule has 0 radical (unpaired) electrons. The van der Waals surface area contributed by atoms with Crippen LogP contribution in [0.15, 0.2) is 0 Å². The first-order valence-electron chi connectivity index (χ1n) is 6.86. The summed E-state index contributed by atoms with van der Waals surface area (Å²) < 4.78 is 28.6. The van der Waals surface area contributed by atoms with E-state index >= 15 is 0 Å². The van der Waals surface area contributed by atoms with Crippen molar-refractivity contribution in [1.29, 1.82) is 0 Å². The Morgan fingerprint density at radius 1 is 1.22 bits per heavy atom. The lowest BCUT2D eigenvalue weighted by atomic mass is 9.99. The predicted molar refractivity (Wildman–Crippen MR) is 72.3 cm³/mol. The van der Waals surface area contributed by atoms with E-state index in [1.807, 2.05) is 13.8 Å². The van der Waals surface area contributed by atoms with E-state index < -0.39 is 10.2 Å². The molecule has 0 aromatic rings. The molecule has 0 saturated carbocycles. The van der Waals surface area contributed by atoms with Crippen LogP contribution in [0.25, 0.3) is 0 Å². The molecule has 0 aromatic carbocycles. The summed E-state index contributed by atoms with van der Waals surface area (Å²) in [7, 11) is -3.28. The van der Waals surface area contributed by atoms with Crippen LogP contribution in [0.1, 0.15) is 39.5 Å². The van der Waals surface area contributed by atoms with Crippen molar-refractivity contribution >= 4 is 10.2 Å². The standard InChI is InChI=1S/C12H25N3O2S/c1-12(2)6-3-7-15(12)18(16,17)14-8-4-11(10-13)5-9-14/h11H,3-10,13H2,1-2H3. The van der Waals surface area contributed by atoms with E-state index in [1.54, 1.807) is 8.61 Å². The van der Waals surface area contributed by atoms with Gasteiger partial charge in [-0.25, -0.2) is 0 Å². The molecule has 2 fully saturated rings. The fourth-order valence-electron chi connectivity index (χ4n) is 3.03. The summed E-state index contributed by atoms with van der Waals surface area (Å²) in [5.41, 5.74) is 5.41. The molecule has 0 spiro atoms. The van der Waals surface area contributed by atoms with Gasteiger partial charge in [0.1, 0.15) is 0 Å². The number of piperidine rings is 1. The van der Waals surface area contributed by atoms with Crippen LogP contribution >= 0.6 is 0 Å². The highest BCUT2D eigenvalue weighted by Crippen LogP contribution is 2.33. The molecule has 0 unspecified atom stereocenters. The zero-order chi connectivity index (χ0) is 13.4. The molecule has 2 heterocycles. The predicted octanol–water partition coefficient (Wildman–Crippen LogP) is 0.776. The minimum absolute atomic E-state index is 0.233. The molecule has 0 bridgehead atoms. The minimum Gasteiger partial charge on any atom is -0.330 e. The van der Waals surface area contributed by atoms with Crippen molar-refractivity contribution in [1.82, 2.24) is 8.61 Å². The maximum Gasteiger partial charge on any atom is 0.282 e. The van der Waals surface area contributed by atoms with Crippen molar-refractivity contribution in [3.8, 4) is 0 Å². The molecule has 0 aromatic heterocycles. The van der Waals surface area contributed by atoms with E-state index in [2.05, 4.69) is 0 Å². The Morgan fingerprint density at radius 3 is 2.28 bits per heavy atom. The maximum atomic E-state index is 12.6. The van der Waals surface area contributed by atoms with Crippen molar-refractivity contribution < 1.29 is 8.42 Å². The van der Waals surface area contributed by atoms with Gasteiger partial charge in [-0.2, -0.15) is 17.0 Å². The molecule has 2 N–H and O–H groups in total. The van der Waals surface area contributed by atoms with Crippen LogP contribution in [0.3, 0.4) is 0 Å². The van der Waals surface area contributed by atoms with Crippen molar-refractivity contribution in [2.24, 2.45) is 11.7 Å². The quantitative estimate of drug-likeness (QED) is 0.827. The molecule has 0 aliphatic carbocycles. The summed E-state index contributed by atoms with van der Waals surface area (Å²) >= 11 is 0. The molecular weight excluding hydrogens is 250 g/mol. The fourth-order valence-corrected chi connectivity index (χ4v) is 5.05. The van der Waals surface area contributed by atoms with Crippen LogP contribution < -0.4 is 5.73 Å². The zero-order valence-corrected chi connectivity index (χ0v) is 12.2. The van der Waals surface area contributed by atoms with Gasteiger partial charge in [0.15, 0.2) is 0 Å². The molecule has 2 saturated heterocycles. The molecule has 106 valence electrons. The second-order valence-electron chi connectivity index (χ2n) is 6.07. The van der Waals surface area contributed by atoms with E-state index in [0.717, 1.165) is 25.7 Å². The summed E-state index contributed by atoms with van der Waals surface area (Å²) in [6.07, 6.45) is 3.70.